The fourth-order valence-electron chi connectivity index (χ4n) is 2.96. The highest BCUT2D eigenvalue weighted by Crippen LogP contribution is 2.31. The van der Waals surface area contributed by atoms with Gasteiger partial charge in [-0.1, -0.05) is 18.6 Å². The van der Waals surface area contributed by atoms with Crippen LogP contribution in [0.1, 0.15) is 36.7 Å². The number of benzene rings is 1. The summed E-state index contributed by atoms with van der Waals surface area (Å²) in [6.45, 7) is 1.65. The van der Waals surface area contributed by atoms with Crippen molar-refractivity contribution in [3.63, 3.8) is 0 Å². The lowest BCUT2D eigenvalue weighted by Gasteiger charge is -2.34. The van der Waals surface area contributed by atoms with Crippen LogP contribution >= 0.6 is 11.3 Å². The summed E-state index contributed by atoms with van der Waals surface area (Å²) in [4.78, 5) is 18.8. The molecule has 0 saturated carbocycles. The minimum Gasteiger partial charge on any atom is -0.324 e. The Bertz CT molecular complexity index is 647. The largest absolute Gasteiger partial charge is 0.324 e. The molecule has 122 valence electrons. The first-order valence-corrected chi connectivity index (χ1v) is 8.80. The molecule has 0 bridgehead atoms. The van der Waals surface area contributed by atoms with Crippen molar-refractivity contribution in [3.8, 4) is 0 Å². The normalized spacial score (nSPS) is 18.7. The molecular weight excluding hydrogens is 313 g/mol. The molecule has 23 heavy (non-hydrogen) atoms. The molecule has 2 aromatic rings. The Labute approximate surface area is 139 Å². The zero-order chi connectivity index (χ0) is 16.1. The molecule has 4 nitrogen and oxygen atoms in total. The van der Waals surface area contributed by atoms with Gasteiger partial charge in [0.2, 0.25) is 5.91 Å². The van der Waals surface area contributed by atoms with E-state index in [2.05, 4.69) is 15.2 Å². The highest BCUT2D eigenvalue weighted by Gasteiger charge is 2.26. The second-order valence-electron chi connectivity index (χ2n) is 5.70. The molecule has 2 heterocycles. The summed E-state index contributed by atoms with van der Waals surface area (Å²) in [6, 6.07) is 6.55. The molecule has 0 radical (unpaired) electrons. The summed E-state index contributed by atoms with van der Waals surface area (Å²) < 4.78 is 13.6. The van der Waals surface area contributed by atoms with E-state index in [-0.39, 0.29) is 11.6 Å². The molecule has 0 spiro atoms. The van der Waals surface area contributed by atoms with Crippen molar-refractivity contribution in [2.75, 3.05) is 18.4 Å². The average Bonchev–Trinajstić information content (AvgIpc) is 3.10. The molecule has 1 aliphatic heterocycles. The van der Waals surface area contributed by atoms with Gasteiger partial charge >= 0.3 is 0 Å². The molecule has 1 aliphatic rings. The summed E-state index contributed by atoms with van der Waals surface area (Å²) >= 11 is 1.67. The van der Waals surface area contributed by atoms with E-state index >= 15 is 0 Å². The summed E-state index contributed by atoms with van der Waals surface area (Å²) in [5.41, 5.74) is 0.243. The van der Waals surface area contributed by atoms with E-state index in [1.54, 1.807) is 29.5 Å². The van der Waals surface area contributed by atoms with E-state index in [9.17, 15) is 9.18 Å². The highest BCUT2D eigenvalue weighted by molar-refractivity contribution is 7.09. The first-order valence-electron chi connectivity index (χ1n) is 7.92. The van der Waals surface area contributed by atoms with E-state index in [4.69, 9.17) is 0 Å². The Balaban J connectivity index is 1.56. The van der Waals surface area contributed by atoms with Crippen molar-refractivity contribution in [1.82, 2.24) is 9.88 Å². The molecule has 1 atom stereocenters. The molecular formula is C17H20FN3OS. The number of hydrogen-bond donors (Lipinski definition) is 1. The second kappa shape index (κ2) is 7.66. The predicted molar refractivity (Wildman–Crippen MR) is 89.9 cm³/mol. The monoisotopic (exact) mass is 333 g/mol. The van der Waals surface area contributed by atoms with Crippen LogP contribution in [-0.4, -0.2) is 28.9 Å². The molecule has 0 unspecified atom stereocenters. The van der Waals surface area contributed by atoms with E-state index in [0.717, 1.165) is 24.4 Å². The minimum absolute atomic E-state index is 0.154. The van der Waals surface area contributed by atoms with Gasteiger partial charge in [0.15, 0.2) is 0 Å². The van der Waals surface area contributed by atoms with Crippen LogP contribution in [0.15, 0.2) is 35.8 Å². The van der Waals surface area contributed by atoms with Gasteiger partial charge in [-0.15, -0.1) is 11.3 Å². The quantitative estimate of drug-likeness (QED) is 0.904. The Morgan fingerprint density at radius 1 is 1.39 bits per heavy atom. The molecule has 1 aromatic heterocycles. The highest BCUT2D eigenvalue weighted by atomic mass is 32.1. The van der Waals surface area contributed by atoms with Crippen LogP contribution in [0, 0.1) is 5.82 Å². The van der Waals surface area contributed by atoms with Crippen molar-refractivity contribution in [1.29, 1.82) is 0 Å². The standard InChI is InChI=1S/C17H20FN3OS/c18-13-5-1-2-6-14(13)20-16(22)8-11-21-10-4-3-7-15(21)17-19-9-12-23-17/h1-2,5-6,9,12,15H,3-4,7-8,10-11H2,(H,20,22)/t15-/m1/s1. The van der Waals surface area contributed by atoms with Crippen LogP contribution in [-0.2, 0) is 4.79 Å². The van der Waals surface area contributed by atoms with Crippen LogP contribution in [0.3, 0.4) is 0 Å². The maximum absolute atomic E-state index is 13.6. The van der Waals surface area contributed by atoms with E-state index in [1.165, 1.54) is 12.5 Å². The SMILES string of the molecule is O=C(CCN1CCCC[C@@H]1c1nccs1)Nc1ccccc1F. The number of likely N-dealkylation sites (tertiary alicyclic amines) is 1. The van der Waals surface area contributed by atoms with E-state index < -0.39 is 5.82 Å². The molecule has 1 saturated heterocycles. The maximum Gasteiger partial charge on any atom is 0.225 e. The molecule has 1 aromatic carbocycles. The number of hydrogen-bond acceptors (Lipinski definition) is 4. The third kappa shape index (κ3) is 4.14. The van der Waals surface area contributed by atoms with Crippen molar-refractivity contribution in [3.05, 3.63) is 46.7 Å². The molecule has 1 amide bonds. The summed E-state index contributed by atoms with van der Waals surface area (Å²) in [6.07, 6.45) is 5.62. The van der Waals surface area contributed by atoms with E-state index in [0.29, 0.717) is 19.0 Å². The van der Waals surface area contributed by atoms with Gasteiger partial charge in [0.25, 0.3) is 0 Å². The van der Waals surface area contributed by atoms with Gasteiger partial charge in [-0.3, -0.25) is 9.69 Å². The van der Waals surface area contributed by atoms with Crippen molar-refractivity contribution >= 4 is 22.9 Å². The van der Waals surface area contributed by atoms with Crippen molar-refractivity contribution in [2.24, 2.45) is 0 Å². The zero-order valence-electron chi connectivity index (χ0n) is 12.9. The molecule has 1 N–H and O–H groups in total. The first-order chi connectivity index (χ1) is 11.2. The van der Waals surface area contributed by atoms with Gasteiger partial charge in [-0.05, 0) is 31.5 Å². The number of aromatic nitrogens is 1. The summed E-state index contributed by atoms with van der Waals surface area (Å²) in [5, 5.41) is 5.76. The maximum atomic E-state index is 13.6. The van der Waals surface area contributed by atoms with Crippen LogP contribution in [0.5, 0.6) is 0 Å². The van der Waals surface area contributed by atoms with Gasteiger partial charge in [0, 0.05) is 24.5 Å². The topological polar surface area (TPSA) is 45.2 Å². The van der Waals surface area contributed by atoms with Gasteiger partial charge in [0.05, 0.1) is 11.7 Å². The van der Waals surface area contributed by atoms with Crippen molar-refractivity contribution in [2.45, 2.75) is 31.7 Å². The lowest BCUT2D eigenvalue weighted by molar-refractivity contribution is -0.116. The van der Waals surface area contributed by atoms with Gasteiger partial charge in [-0.25, -0.2) is 9.37 Å². The third-order valence-electron chi connectivity index (χ3n) is 4.12. The van der Waals surface area contributed by atoms with Gasteiger partial charge in [0.1, 0.15) is 10.8 Å². The predicted octanol–water partition coefficient (Wildman–Crippen LogP) is 3.84. The number of amides is 1. The fraction of sp³-hybridized carbons (Fsp3) is 0.412. The number of piperidine rings is 1. The molecule has 6 heteroatoms. The smallest absolute Gasteiger partial charge is 0.225 e. The second-order valence-corrected chi connectivity index (χ2v) is 6.62. The Morgan fingerprint density at radius 3 is 3.04 bits per heavy atom. The number of anilines is 1. The average molecular weight is 333 g/mol. The third-order valence-corrected chi connectivity index (χ3v) is 5.00. The lowest BCUT2D eigenvalue weighted by Crippen LogP contribution is -2.35. The number of para-hydroxylation sites is 1. The lowest BCUT2D eigenvalue weighted by atomic mass is 10.0. The molecule has 0 aliphatic carbocycles. The number of carbonyl (C=O) groups excluding carboxylic acids is 1. The van der Waals surface area contributed by atoms with Gasteiger partial charge < -0.3 is 5.32 Å². The van der Waals surface area contributed by atoms with Crippen molar-refractivity contribution < 1.29 is 9.18 Å². The number of halogens is 1. The Hall–Kier alpha value is -1.79. The summed E-state index contributed by atoms with van der Waals surface area (Å²) in [5.74, 6) is -0.557. The Kier molecular flexibility index (Phi) is 5.35. The molecule has 3 rings (SSSR count). The zero-order valence-corrected chi connectivity index (χ0v) is 13.7. The fourth-order valence-corrected chi connectivity index (χ4v) is 3.76. The van der Waals surface area contributed by atoms with E-state index in [1.807, 2.05) is 11.6 Å². The van der Waals surface area contributed by atoms with Gasteiger partial charge in [-0.2, -0.15) is 0 Å². The number of nitrogens with one attached hydrogen (secondary N) is 1. The number of carbonyl (C=O) groups is 1. The summed E-state index contributed by atoms with van der Waals surface area (Å²) in [7, 11) is 0. The Morgan fingerprint density at radius 2 is 2.26 bits per heavy atom. The number of thiazole rings is 1. The molecule has 1 fully saturated rings. The minimum atomic E-state index is -0.403. The number of rotatable bonds is 5. The first kappa shape index (κ1) is 16.1. The van der Waals surface area contributed by atoms with Crippen LogP contribution in [0.4, 0.5) is 10.1 Å². The van der Waals surface area contributed by atoms with Crippen LogP contribution in [0.25, 0.3) is 0 Å². The van der Waals surface area contributed by atoms with Crippen LogP contribution < -0.4 is 5.32 Å². The van der Waals surface area contributed by atoms with Crippen LogP contribution in [0.2, 0.25) is 0 Å². The number of nitrogens with zero attached hydrogens (tertiary/aromatic N) is 2.